The number of hydrogen-bond acceptors (Lipinski definition) is 6. The lowest BCUT2D eigenvalue weighted by atomic mass is 9.96. The molecule has 11 heteroatoms. The highest BCUT2D eigenvalue weighted by atomic mass is 35.5. The molecule has 0 spiro atoms. The summed E-state index contributed by atoms with van der Waals surface area (Å²) in [6.45, 7) is 5.93. The van der Waals surface area contributed by atoms with E-state index in [1.165, 1.54) is 12.8 Å². The maximum atomic E-state index is 14.0. The SMILES string of the molecule is CN1CCC(N2CCN(C(=O)COCC3Cc4ccccc4CN3S(=O)(=O)c3ccc4ccccc4c3)CC2)CC1.Cl.Cl. The molecule has 43 heavy (non-hydrogen) atoms. The summed E-state index contributed by atoms with van der Waals surface area (Å²) in [5.41, 5.74) is 2.13. The number of nitrogens with zero attached hydrogens (tertiary/aromatic N) is 4. The molecule has 0 aliphatic carbocycles. The Morgan fingerprint density at radius 1 is 0.837 bits per heavy atom. The van der Waals surface area contributed by atoms with Crippen molar-refractivity contribution in [2.45, 2.75) is 42.8 Å². The van der Waals surface area contributed by atoms with Crippen molar-refractivity contribution in [2.75, 3.05) is 59.5 Å². The first-order chi connectivity index (χ1) is 19.9. The summed E-state index contributed by atoms with van der Waals surface area (Å²) in [5.74, 6) is -0.0202. The Hall–Kier alpha value is -2.24. The number of carbonyl (C=O) groups excluding carboxylic acids is 1. The molecule has 3 aliphatic rings. The molecule has 3 heterocycles. The number of sulfonamides is 1. The molecule has 0 bridgehead atoms. The van der Waals surface area contributed by atoms with Crippen molar-refractivity contribution in [3.05, 3.63) is 77.9 Å². The van der Waals surface area contributed by atoms with E-state index in [0.717, 1.165) is 48.1 Å². The lowest BCUT2D eigenvalue weighted by Crippen LogP contribution is -2.54. The summed E-state index contributed by atoms with van der Waals surface area (Å²) in [6, 6.07) is 21.3. The summed E-state index contributed by atoms with van der Waals surface area (Å²) < 4.78 is 35.5. The van der Waals surface area contributed by atoms with Crippen molar-refractivity contribution >= 4 is 51.5 Å². The van der Waals surface area contributed by atoms with Crippen molar-refractivity contribution in [1.82, 2.24) is 19.0 Å². The molecule has 6 rings (SSSR count). The number of piperidine rings is 1. The first kappa shape index (κ1) is 33.6. The van der Waals surface area contributed by atoms with Gasteiger partial charge in [0.25, 0.3) is 0 Å². The number of benzene rings is 3. The number of fused-ring (bicyclic) bond motifs is 2. The molecule has 0 radical (unpaired) electrons. The van der Waals surface area contributed by atoms with Gasteiger partial charge in [0, 0.05) is 38.8 Å². The van der Waals surface area contributed by atoms with Gasteiger partial charge in [0.15, 0.2) is 0 Å². The van der Waals surface area contributed by atoms with Crippen molar-refractivity contribution in [2.24, 2.45) is 0 Å². The fourth-order valence-corrected chi connectivity index (χ4v) is 8.14. The fourth-order valence-electron chi connectivity index (χ4n) is 6.52. The van der Waals surface area contributed by atoms with Gasteiger partial charge >= 0.3 is 0 Å². The Balaban J connectivity index is 0.00000212. The van der Waals surface area contributed by atoms with Gasteiger partial charge in [-0.1, -0.05) is 54.6 Å². The molecular formula is C32H42Cl2N4O4S. The molecular weight excluding hydrogens is 607 g/mol. The average Bonchev–Trinajstić information content (AvgIpc) is 3.01. The Bertz CT molecular complexity index is 1490. The highest BCUT2D eigenvalue weighted by Gasteiger charge is 2.36. The number of piperazine rings is 1. The van der Waals surface area contributed by atoms with Crippen LogP contribution < -0.4 is 0 Å². The van der Waals surface area contributed by atoms with Gasteiger partial charge in [-0.3, -0.25) is 9.69 Å². The van der Waals surface area contributed by atoms with Gasteiger partial charge in [-0.05, 0) is 73.4 Å². The van der Waals surface area contributed by atoms with Gasteiger partial charge in [-0.25, -0.2) is 8.42 Å². The molecule has 0 aromatic heterocycles. The minimum atomic E-state index is -3.79. The first-order valence-electron chi connectivity index (χ1n) is 14.7. The predicted octanol–water partition coefficient (Wildman–Crippen LogP) is 4.05. The highest BCUT2D eigenvalue weighted by Crippen LogP contribution is 2.30. The predicted molar refractivity (Wildman–Crippen MR) is 175 cm³/mol. The van der Waals surface area contributed by atoms with Crippen LogP contribution >= 0.6 is 24.8 Å². The third-order valence-corrected chi connectivity index (χ3v) is 10.9. The number of ether oxygens (including phenoxy) is 1. The van der Waals surface area contributed by atoms with Crippen molar-refractivity contribution in [3.63, 3.8) is 0 Å². The summed E-state index contributed by atoms with van der Waals surface area (Å²) in [4.78, 5) is 20.1. The molecule has 1 atom stereocenters. The number of hydrogen-bond donors (Lipinski definition) is 0. The quantitative estimate of drug-likeness (QED) is 0.385. The molecule has 1 unspecified atom stereocenters. The molecule has 234 valence electrons. The summed E-state index contributed by atoms with van der Waals surface area (Å²) >= 11 is 0. The zero-order chi connectivity index (χ0) is 28.4. The second kappa shape index (κ2) is 14.7. The Labute approximate surface area is 267 Å². The van der Waals surface area contributed by atoms with Gasteiger partial charge in [0.1, 0.15) is 6.61 Å². The standard InChI is InChI=1S/C32H40N4O4S.2ClH/c1-33-14-12-29(13-15-33)34-16-18-35(19-17-34)32(37)24-40-23-30-20-26-7-4-5-9-28(26)22-36(30)41(38,39)31-11-10-25-6-2-3-8-27(25)21-31;;/h2-11,21,29-30H,12-20,22-24H2,1H3;2*1H. The largest absolute Gasteiger partial charge is 0.370 e. The van der Waals surface area contributed by atoms with Crippen LogP contribution in [0.5, 0.6) is 0 Å². The highest BCUT2D eigenvalue weighted by molar-refractivity contribution is 7.89. The van der Waals surface area contributed by atoms with Crippen LogP contribution in [0.3, 0.4) is 0 Å². The second-order valence-electron chi connectivity index (χ2n) is 11.7. The Morgan fingerprint density at radius 2 is 1.49 bits per heavy atom. The number of halogens is 2. The summed E-state index contributed by atoms with van der Waals surface area (Å²) in [5, 5.41) is 1.89. The summed E-state index contributed by atoms with van der Waals surface area (Å²) in [7, 11) is -1.61. The van der Waals surface area contributed by atoms with Crippen LogP contribution in [-0.2, 0) is 32.5 Å². The van der Waals surface area contributed by atoms with Gasteiger partial charge in [-0.2, -0.15) is 4.31 Å². The van der Waals surface area contributed by atoms with Crippen LogP contribution in [0.25, 0.3) is 10.8 Å². The minimum Gasteiger partial charge on any atom is -0.370 e. The average molecular weight is 650 g/mol. The van der Waals surface area contributed by atoms with Gasteiger partial charge in [0.05, 0.1) is 17.5 Å². The number of rotatable bonds is 7. The van der Waals surface area contributed by atoms with E-state index >= 15 is 0 Å². The maximum Gasteiger partial charge on any atom is 0.248 e. The molecule has 3 aromatic carbocycles. The fraction of sp³-hybridized carbons (Fsp3) is 0.469. The summed E-state index contributed by atoms with van der Waals surface area (Å²) in [6.07, 6.45) is 2.93. The van der Waals surface area contributed by atoms with Crippen molar-refractivity contribution in [1.29, 1.82) is 0 Å². The second-order valence-corrected chi connectivity index (χ2v) is 13.5. The van der Waals surface area contributed by atoms with E-state index in [9.17, 15) is 13.2 Å². The zero-order valence-corrected chi connectivity index (χ0v) is 27.1. The number of amides is 1. The molecule has 8 nitrogen and oxygen atoms in total. The Kier molecular flexibility index (Phi) is 11.5. The molecule has 0 saturated carbocycles. The normalized spacial score (nSPS) is 20.7. The third-order valence-electron chi connectivity index (χ3n) is 9.04. The van der Waals surface area contributed by atoms with Gasteiger partial charge in [-0.15, -0.1) is 24.8 Å². The van der Waals surface area contributed by atoms with Crippen LogP contribution in [0.1, 0.15) is 24.0 Å². The lowest BCUT2D eigenvalue weighted by Gasteiger charge is -2.42. The van der Waals surface area contributed by atoms with E-state index in [-0.39, 0.29) is 55.4 Å². The smallest absolute Gasteiger partial charge is 0.248 e. The van der Waals surface area contributed by atoms with Crippen LogP contribution in [-0.4, -0.2) is 105 Å². The van der Waals surface area contributed by atoms with Crippen LogP contribution in [0, 0.1) is 0 Å². The first-order valence-corrected chi connectivity index (χ1v) is 16.2. The topological polar surface area (TPSA) is 73.4 Å². The molecule has 2 fully saturated rings. The van der Waals surface area contributed by atoms with Crippen molar-refractivity contribution < 1.29 is 17.9 Å². The molecule has 3 aliphatic heterocycles. The monoisotopic (exact) mass is 648 g/mol. The van der Waals surface area contributed by atoms with E-state index in [1.54, 1.807) is 16.4 Å². The van der Waals surface area contributed by atoms with E-state index in [2.05, 4.69) is 22.9 Å². The van der Waals surface area contributed by atoms with Crippen LogP contribution in [0.2, 0.25) is 0 Å². The number of carbonyl (C=O) groups is 1. The minimum absolute atomic E-state index is 0. The molecule has 3 aromatic rings. The lowest BCUT2D eigenvalue weighted by molar-refractivity contribution is -0.138. The Morgan fingerprint density at radius 3 is 2.21 bits per heavy atom. The molecule has 0 N–H and O–H groups in total. The van der Waals surface area contributed by atoms with E-state index < -0.39 is 16.1 Å². The zero-order valence-electron chi connectivity index (χ0n) is 24.6. The maximum absolute atomic E-state index is 14.0. The van der Waals surface area contributed by atoms with Crippen molar-refractivity contribution in [3.8, 4) is 0 Å². The number of likely N-dealkylation sites (tertiary alicyclic amines) is 1. The third kappa shape index (κ3) is 7.53. The molecule has 1 amide bonds. The van der Waals surface area contributed by atoms with Gasteiger partial charge < -0.3 is 14.5 Å². The van der Waals surface area contributed by atoms with Crippen LogP contribution in [0.15, 0.2) is 71.6 Å². The van der Waals surface area contributed by atoms with Crippen LogP contribution in [0.4, 0.5) is 0 Å². The van der Waals surface area contributed by atoms with E-state index in [0.29, 0.717) is 25.6 Å². The van der Waals surface area contributed by atoms with E-state index in [1.807, 2.05) is 53.4 Å². The van der Waals surface area contributed by atoms with E-state index in [4.69, 9.17) is 4.74 Å². The molecule has 2 saturated heterocycles. The van der Waals surface area contributed by atoms with Gasteiger partial charge in [0.2, 0.25) is 15.9 Å².